The Morgan fingerprint density at radius 2 is 2.08 bits per heavy atom. The van der Waals surface area contributed by atoms with Crippen molar-refractivity contribution in [3.63, 3.8) is 0 Å². The van der Waals surface area contributed by atoms with E-state index in [1.807, 2.05) is 36.6 Å². The number of amides is 1. The molecule has 1 aromatic carbocycles. The maximum Gasteiger partial charge on any atom is 0.260 e. The minimum Gasteiger partial charge on any atom is -0.351 e. The van der Waals surface area contributed by atoms with E-state index in [1.165, 1.54) is 28.7 Å². The second-order valence-electron chi connectivity index (χ2n) is 5.47. The lowest BCUT2D eigenvalue weighted by Crippen LogP contribution is -2.30. The van der Waals surface area contributed by atoms with Crippen molar-refractivity contribution in [2.24, 2.45) is 0 Å². The number of carbonyl (C=O) groups excluding carboxylic acids is 1. The van der Waals surface area contributed by atoms with Crippen LogP contribution in [0.25, 0.3) is 10.2 Å². The molecule has 0 spiro atoms. The molecule has 0 radical (unpaired) electrons. The van der Waals surface area contributed by atoms with Gasteiger partial charge in [0.05, 0.1) is 10.6 Å². The molecule has 0 saturated carbocycles. The molecule has 5 nitrogen and oxygen atoms in total. The van der Waals surface area contributed by atoms with Crippen molar-refractivity contribution in [3.05, 3.63) is 57.2 Å². The second-order valence-corrected chi connectivity index (χ2v) is 7.70. The van der Waals surface area contributed by atoms with Gasteiger partial charge in [-0.05, 0) is 30.9 Å². The summed E-state index contributed by atoms with van der Waals surface area (Å²) < 4.78 is 0. The Morgan fingerprint density at radius 3 is 2.83 bits per heavy atom. The zero-order valence-electron chi connectivity index (χ0n) is 13.3. The Hall–Kier alpha value is -2.12. The van der Waals surface area contributed by atoms with E-state index < -0.39 is 0 Å². The van der Waals surface area contributed by atoms with E-state index in [0.29, 0.717) is 21.9 Å². The lowest BCUT2D eigenvalue weighted by Gasteiger charge is -2.11. The molecule has 0 aliphatic carbocycles. The highest BCUT2D eigenvalue weighted by Gasteiger charge is 2.16. The Labute approximate surface area is 147 Å². The first-order valence-electron chi connectivity index (χ1n) is 7.50. The minimum atomic E-state index is -0.351. The van der Waals surface area contributed by atoms with Crippen LogP contribution in [0.3, 0.4) is 0 Å². The molecular formula is C17H17N3O2S2. The van der Waals surface area contributed by atoms with E-state index in [0.717, 1.165) is 5.56 Å². The number of thiophene rings is 1. The molecule has 1 amide bonds. The van der Waals surface area contributed by atoms with Crippen molar-refractivity contribution in [1.82, 2.24) is 15.3 Å². The van der Waals surface area contributed by atoms with E-state index in [-0.39, 0.29) is 16.7 Å². The molecule has 1 unspecified atom stereocenters. The third-order valence-corrected chi connectivity index (χ3v) is 5.35. The predicted molar refractivity (Wildman–Crippen MR) is 98.6 cm³/mol. The second kappa shape index (κ2) is 7.19. The van der Waals surface area contributed by atoms with Crippen molar-refractivity contribution in [1.29, 1.82) is 0 Å². The molecular weight excluding hydrogens is 342 g/mol. The summed E-state index contributed by atoms with van der Waals surface area (Å²) in [5.74, 6) is -0.0884. The number of H-pyrrole nitrogens is 1. The van der Waals surface area contributed by atoms with Crippen molar-refractivity contribution in [2.45, 2.75) is 30.8 Å². The zero-order chi connectivity index (χ0) is 17.1. The van der Waals surface area contributed by atoms with E-state index in [4.69, 9.17) is 0 Å². The molecule has 3 rings (SSSR count). The molecule has 2 aromatic heterocycles. The molecule has 0 aliphatic rings. The molecule has 1 atom stereocenters. The first-order valence-corrected chi connectivity index (χ1v) is 9.26. The molecule has 124 valence electrons. The summed E-state index contributed by atoms with van der Waals surface area (Å²) in [6.07, 6.45) is 0. The van der Waals surface area contributed by atoms with Gasteiger partial charge in [0, 0.05) is 6.54 Å². The van der Waals surface area contributed by atoms with Crippen molar-refractivity contribution >= 4 is 39.2 Å². The summed E-state index contributed by atoms with van der Waals surface area (Å²) in [7, 11) is 0. The van der Waals surface area contributed by atoms with E-state index in [1.54, 1.807) is 13.0 Å². The SMILES string of the molecule is Cc1ccc(CNC(=O)C(C)Sc2nc3sccc3c(=O)[nH]2)cc1. The third-order valence-electron chi connectivity index (χ3n) is 3.56. The zero-order valence-corrected chi connectivity index (χ0v) is 15.0. The Balaban J connectivity index is 1.62. The quantitative estimate of drug-likeness (QED) is 0.542. The average Bonchev–Trinajstić information content (AvgIpc) is 3.03. The molecule has 2 N–H and O–H groups in total. The van der Waals surface area contributed by atoms with Crippen molar-refractivity contribution in [3.8, 4) is 0 Å². The lowest BCUT2D eigenvalue weighted by molar-refractivity contribution is -0.120. The number of hydrogen-bond donors (Lipinski definition) is 2. The number of nitrogens with one attached hydrogen (secondary N) is 2. The van der Waals surface area contributed by atoms with E-state index >= 15 is 0 Å². The number of rotatable bonds is 5. The maximum absolute atomic E-state index is 12.2. The fourth-order valence-electron chi connectivity index (χ4n) is 2.16. The van der Waals surface area contributed by atoms with Gasteiger partial charge >= 0.3 is 0 Å². The summed E-state index contributed by atoms with van der Waals surface area (Å²) in [5, 5.41) is 5.44. The average molecular weight is 359 g/mol. The highest BCUT2D eigenvalue weighted by Crippen LogP contribution is 2.22. The van der Waals surface area contributed by atoms with Gasteiger partial charge in [0.1, 0.15) is 4.83 Å². The van der Waals surface area contributed by atoms with Gasteiger partial charge in [0.15, 0.2) is 5.16 Å². The third kappa shape index (κ3) is 3.85. The van der Waals surface area contributed by atoms with Crippen LogP contribution in [0.2, 0.25) is 0 Å². The van der Waals surface area contributed by atoms with Crippen molar-refractivity contribution in [2.75, 3.05) is 0 Å². The van der Waals surface area contributed by atoms with Crippen LogP contribution >= 0.6 is 23.1 Å². The maximum atomic E-state index is 12.2. The first kappa shape index (κ1) is 16.7. The number of hydrogen-bond acceptors (Lipinski definition) is 5. The summed E-state index contributed by atoms with van der Waals surface area (Å²) in [4.78, 5) is 32.0. The molecule has 0 saturated heterocycles. The Kier molecular flexibility index (Phi) is 5.01. The van der Waals surface area contributed by atoms with Gasteiger partial charge in [-0.3, -0.25) is 9.59 Å². The summed E-state index contributed by atoms with van der Waals surface area (Å²) in [6, 6.07) is 9.78. The highest BCUT2D eigenvalue weighted by molar-refractivity contribution is 8.00. The summed E-state index contributed by atoms with van der Waals surface area (Å²) >= 11 is 2.66. The molecule has 3 aromatic rings. The van der Waals surface area contributed by atoms with Crippen LogP contribution in [-0.2, 0) is 11.3 Å². The first-order chi connectivity index (χ1) is 11.5. The van der Waals surface area contributed by atoms with Gasteiger partial charge in [-0.2, -0.15) is 0 Å². The van der Waals surface area contributed by atoms with Crippen LogP contribution < -0.4 is 10.9 Å². The smallest absolute Gasteiger partial charge is 0.260 e. The number of nitrogens with zero attached hydrogens (tertiary/aromatic N) is 1. The molecule has 0 fully saturated rings. The van der Waals surface area contributed by atoms with Gasteiger partial charge in [-0.1, -0.05) is 41.6 Å². The van der Waals surface area contributed by atoms with E-state index in [2.05, 4.69) is 15.3 Å². The fraction of sp³-hybridized carbons (Fsp3) is 0.235. The van der Waals surface area contributed by atoms with Crippen LogP contribution in [0.15, 0.2) is 45.7 Å². The van der Waals surface area contributed by atoms with Crippen LogP contribution in [0, 0.1) is 6.92 Å². The van der Waals surface area contributed by atoms with Crippen LogP contribution in [0.4, 0.5) is 0 Å². The van der Waals surface area contributed by atoms with Gasteiger partial charge in [-0.25, -0.2) is 4.98 Å². The number of carbonyl (C=O) groups is 1. The Bertz CT molecular complexity index is 915. The van der Waals surface area contributed by atoms with Gasteiger partial charge in [0.2, 0.25) is 5.91 Å². The topological polar surface area (TPSA) is 74.8 Å². The van der Waals surface area contributed by atoms with Gasteiger partial charge in [-0.15, -0.1) is 11.3 Å². The molecule has 24 heavy (non-hydrogen) atoms. The highest BCUT2D eigenvalue weighted by atomic mass is 32.2. The number of aromatic amines is 1. The normalized spacial score (nSPS) is 12.2. The number of aryl methyl sites for hydroxylation is 1. The lowest BCUT2D eigenvalue weighted by atomic mass is 10.1. The molecule has 7 heteroatoms. The van der Waals surface area contributed by atoms with Crippen LogP contribution in [0.1, 0.15) is 18.1 Å². The molecule has 2 heterocycles. The van der Waals surface area contributed by atoms with E-state index in [9.17, 15) is 9.59 Å². The van der Waals surface area contributed by atoms with Crippen molar-refractivity contribution < 1.29 is 4.79 Å². The van der Waals surface area contributed by atoms with Gasteiger partial charge in [0.25, 0.3) is 5.56 Å². The summed E-state index contributed by atoms with van der Waals surface area (Å²) in [6.45, 7) is 4.31. The number of fused-ring (bicyclic) bond motifs is 1. The number of benzene rings is 1. The largest absolute Gasteiger partial charge is 0.351 e. The fourth-order valence-corrected chi connectivity index (χ4v) is 3.80. The number of aromatic nitrogens is 2. The van der Waals surface area contributed by atoms with Crippen LogP contribution in [-0.4, -0.2) is 21.1 Å². The monoisotopic (exact) mass is 359 g/mol. The standard InChI is InChI=1S/C17H17N3O2S2/c1-10-3-5-12(6-4-10)9-18-14(21)11(2)24-17-19-15(22)13-7-8-23-16(13)20-17/h3-8,11H,9H2,1-2H3,(H,18,21)(H,19,20,22). The molecule has 0 aliphatic heterocycles. The predicted octanol–water partition coefficient (Wildman–Crippen LogP) is 3.09. The summed E-state index contributed by atoms with van der Waals surface area (Å²) in [5.41, 5.74) is 2.07. The number of thioether (sulfide) groups is 1. The molecule has 0 bridgehead atoms. The van der Waals surface area contributed by atoms with Gasteiger partial charge < -0.3 is 10.3 Å². The minimum absolute atomic E-state index is 0.0884. The van der Waals surface area contributed by atoms with Crippen LogP contribution in [0.5, 0.6) is 0 Å². The Morgan fingerprint density at radius 1 is 1.33 bits per heavy atom.